The van der Waals surface area contributed by atoms with Gasteiger partial charge in [-0.25, -0.2) is 4.39 Å². The fraction of sp³-hybridized carbons (Fsp3) is 0.467. The topological polar surface area (TPSA) is 34.2 Å². The van der Waals surface area contributed by atoms with E-state index in [2.05, 4.69) is 4.98 Å². The van der Waals surface area contributed by atoms with E-state index >= 15 is 0 Å². The van der Waals surface area contributed by atoms with Crippen molar-refractivity contribution in [2.45, 2.75) is 45.8 Å². The molecule has 1 aliphatic rings. The Labute approximate surface area is 118 Å². The van der Waals surface area contributed by atoms with Crippen LogP contribution in [-0.4, -0.2) is 23.3 Å². The summed E-state index contributed by atoms with van der Waals surface area (Å²) in [4.78, 5) is 2.93. The Morgan fingerprint density at radius 3 is 2.35 bits per heavy atom. The SMILES string of the molecule is Cc1cc(F)c2[nH]ccc2c1B1OC(C)(C)C(C)(C)O1. The number of fused-ring (bicyclic) bond motifs is 1. The molecule has 1 aliphatic heterocycles. The van der Waals surface area contributed by atoms with Crippen LogP contribution in [0.5, 0.6) is 0 Å². The lowest BCUT2D eigenvalue weighted by molar-refractivity contribution is 0.00578. The minimum Gasteiger partial charge on any atom is -0.399 e. The molecule has 0 spiro atoms. The fourth-order valence-corrected chi connectivity index (χ4v) is 2.62. The third-order valence-electron chi connectivity index (χ3n) is 4.53. The molecule has 2 aromatic rings. The standard InChI is InChI=1S/C15H19BFNO2/c1-9-8-11(17)13-10(6-7-18-13)12(9)16-19-14(2,3)15(4,5)20-16/h6-8,18H,1-5H3. The van der Waals surface area contributed by atoms with Gasteiger partial charge >= 0.3 is 7.12 Å². The van der Waals surface area contributed by atoms with Crippen LogP contribution in [0.4, 0.5) is 4.39 Å². The van der Waals surface area contributed by atoms with Crippen molar-refractivity contribution in [3.05, 3.63) is 29.7 Å². The normalized spacial score (nSPS) is 20.8. The molecule has 1 aromatic heterocycles. The molecule has 1 saturated heterocycles. The Kier molecular flexibility index (Phi) is 2.79. The summed E-state index contributed by atoms with van der Waals surface area (Å²) in [6.45, 7) is 9.94. The van der Waals surface area contributed by atoms with Gasteiger partial charge in [-0.2, -0.15) is 0 Å². The van der Waals surface area contributed by atoms with E-state index in [1.807, 2.05) is 40.7 Å². The first-order valence-corrected chi connectivity index (χ1v) is 6.85. The second kappa shape index (κ2) is 4.09. The van der Waals surface area contributed by atoms with Crippen LogP contribution in [0.1, 0.15) is 33.3 Å². The van der Waals surface area contributed by atoms with Crippen molar-refractivity contribution in [3.8, 4) is 0 Å². The van der Waals surface area contributed by atoms with Crippen molar-refractivity contribution >= 4 is 23.5 Å². The zero-order valence-corrected chi connectivity index (χ0v) is 12.5. The Morgan fingerprint density at radius 2 is 1.75 bits per heavy atom. The monoisotopic (exact) mass is 275 g/mol. The Morgan fingerprint density at radius 1 is 1.15 bits per heavy atom. The molecule has 1 aromatic carbocycles. The van der Waals surface area contributed by atoms with E-state index in [0.717, 1.165) is 16.4 Å². The van der Waals surface area contributed by atoms with Crippen molar-refractivity contribution in [2.24, 2.45) is 0 Å². The zero-order chi connectivity index (χ0) is 14.7. The van der Waals surface area contributed by atoms with Crippen LogP contribution < -0.4 is 5.46 Å². The van der Waals surface area contributed by atoms with E-state index in [4.69, 9.17) is 9.31 Å². The van der Waals surface area contributed by atoms with E-state index in [-0.39, 0.29) is 5.82 Å². The average molecular weight is 275 g/mol. The molecule has 0 saturated carbocycles. The van der Waals surface area contributed by atoms with E-state index in [1.165, 1.54) is 6.07 Å². The van der Waals surface area contributed by atoms with Crippen molar-refractivity contribution in [3.63, 3.8) is 0 Å². The minimum atomic E-state index is -0.473. The van der Waals surface area contributed by atoms with Gasteiger partial charge in [0, 0.05) is 11.6 Å². The molecule has 0 amide bonds. The zero-order valence-electron chi connectivity index (χ0n) is 12.5. The van der Waals surface area contributed by atoms with Gasteiger partial charge in [0.2, 0.25) is 0 Å². The highest BCUT2D eigenvalue weighted by Gasteiger charge is 2.52. The number of aryl methyl sites for hydroxylation is 1. The molecule has 20 heavy (non-hydrogen) atoms. The molecule has 106 valence electrons. The van der Waals surface area contributed by atoms with Crippen LogP contribution in [0.25, 0.3) is 10.9 Å². The highest BCUT2D eigenvalue weighted by molar-refractivity contribution is 6.65. The van der Waals surface area contributed by atoms with Gasteiger partial charge in [0.25, 0.3) is 0 Å². The maximum Gasteiger partial charge on any atom is 0.495 e. The van der Waals surface area contributed by atoms with Crippen LogP contribution in [0.2, 0.25) is 0 Å². The number of aromatic amines is 1. The maximum atomic E-state index is 13.9. The molecule has 0 bridgehead atoms. The van der Waals surface area contributed by atoms with Gasteiger partial charge in [-0.1, -0.05) is 0 Å². The Hall–Kier alpha value is -1.33. The summed E-state index contributed by atoms with van der Waals surface area (Å²) >= 11 is 0. The molecule has 3 nitrogen and oxygen atoms in total. The molecule has 0 radical (unpaired) electrons. The number of hydrogen-bond donors (Lipinski definition) is 1. The lowest BCUT2D eigenvalue weighted by Crippen LogP contribution is -2.41. The number of benzene rings is 1. The molecule has 5 heteroatoms. The summed E-state index contributed by atoms with van der Waals surface area (Å²) in [7, 11) is -0.473. The quantitative estimate of drug-likeness (QED) is 0.812. The van der Waals surface area contributed by atoms with Crippen LogP contribution in [-0.2, 0) is 9.31 Å². The second-order valence-corrected chi connectivity index (χ2v) is 6.44. The summed E-state index contributed by atoms with van der Waals surface area (Å²) in [5, 5.41) is 0.820. The molecule has 3 rings (SSSR count). The first kappa shape index (κ1) is 13.6. The van der Waals surface area contributed by atoms with Crippen LogP contribution in [0.15, 0.2) is 18.3 Å². The summed E-state index contributed by atoms with van der Waals surface area (Å²) in [5.74, 6) is -0.247. The van der Waals surface area contributed by atoms with Gasteiger partial charge in [-0.3, -0.25) is 0 Å². The van der Waals surface area contributed by atoms with Gasteiger partial charge < -0.3 is 14.3 Å². The van der Waals surface area contributed by atoms with Gasteiger partial charge in [0.05, 0.1) is 16.7 Å². The summed E-state index contributed by atoms with van der Waals surface area (Å²) in [6.07, 6.45) is 1.74. The summed E-state index contributed by atoms with van der Waals surface area (Å²) < 4.78 is 26.1. The van der Waals surface area contributed by atoms with Gasteiger partial charge in [-0.15, -0.1) is 0 Å². The smallest absolute Gasteiger partial charge is 0.399 e. The largest absolute Gasteiger partial charge is 0.495 e. The molecule has 2 heterocycles. The predicted octanol–water partition coefficient (Wildman–Crippen LogP) is 2.91. The van der Waals surface area contributed by atoms with Crippen LogP contribution in [0, 0.1) is 12.7 Å². The number of rotatable bonds is 1. The number of H-pyrrole nitrogens is 1. The molecular weight excluding hydrogens is 256 g/mol. The fourth-order valence-electron chi connectivity index (χ4n) is 2.62. The molecule has 0 unspecified atom stereocenters. The summed E-state index contributed by atoms with van der Waals surface area (Å²) in [5.41, 5.74) is 1.44. The van der Waals surface area contributed by atoms with Crippen molar-refractivity contribution in [1.29, 1.82) is 0 Å². The predicted molar refractivity (Wildman–Crippen MR) is 78.7 cm³/mol. The number of aromatic nitrogens is 1. The van der Waals surface area contributed by atoms with Crippen molar-refractivity contribution in [2.75, 3.05) is 0 Å². The number of nitrogens with one attached hydrogen (secondary N) is 1. The third kappa shape index (κ3) is 1.80. The van der Waals surface area contributed by atoms with Crippen molar-refractivity contribution in [1.82, 2.24) is 4.98 Å². The molecule has 1 N–H and O–H groups in total. The second-order valence-electron chi connectivity index (χ2n) is 6.44. The first-order valence-electron chi connectivity index (χ1n) is 6.85. The van der Waals surface area contributed by atoms with Crippen LogP contribution >= 0.6 is 0 Å². The maximum absolute atomic E-state index is 13.9. The molecule has 0 atom stereocenters. The highest BCUT2D eigenvalue weighted by atomic mass is 19.1. The molecular formula is C15H19BFNO2. The molecule has 1 fully saturated rings. The highest BCUT2D eigenvalue weighted by Crippen LogP contribution is 2.37. The van der Waals surface area contributed by atoms with E-state index < -0.39 is 18.3 Å². The number of hydrogen-bond acceptors (Lipinski definition) is 2. The van der Waals surface area contributed by atoms with Gasteiger partial charge in [0.15, 0.2) is 0 Å². The Balaban J connectivity index is 2.15. The first-order chi connectivity index (χ1) is 9.23. The lowest BCUT2D eigenvalue weighted by atomic mass is 9.74. The third-order valence-corrected chi connectivity index (χ3v) is 4.53. The molecule has 0 aliphatic carbocycles. The van der Waals surface area contributed by atoms with E-state index in [1.54, 1.807) is 6.20 Å². The van der Waals surface area contributed by atoms with E-state index in [9.17, 15) is 4.39 Å². The Bertz CT molecular complexity index is 662. The minimum absolute atomic E-state index is 0.247. The summed E-state index contributed by atoms with van der Waals surface area (Å²) in [6, 6.07) is 3.39. The average Bonchev–Trinajstić information content (AvgIpc) is 2.83. The van der Waals surface area contributed by atoms with Gasteiger partial charge in [0.1, 0.15) is 5.82 Å². The van der Waals surface area contributed by atoms with Crippen LogP contribution in [0.3, 0.4) is 0 Å². The number of halogens is 1. The van der Waals surface area contributed by atoms with E-state index in [0.29, 0.717) is 5.52 Å². The lowest BCUT2D eigenvalue weighted by Gasteiger charge is -2.32. The van der Waals surface area contributed by atoms with Gasteiger partial charge in [-0.05, 0) is 57.8 Å². The van der Waals surface area contributed by atoms with Crippen molar-refractivity contribution < 1.29 is 13.7 Å².